The fourth-order valence-corrected chi connectivity index (χ4v) is 9.14. The zero-order valence-electron chi connectivity index (χ0n) is 29.6. The van der Waals surface area contributed by atoms with E-state index in [1.54, 1.807) is 0 Å². The first kappa shape index (κ1) is 30.0. The number of anilines is 3. The number of para-hydroxylation sites is 4. The topological polar surface area (TPSA) is 21.1 Å². The molecule has 3 heterocycles. The van der Waals surface area contributed by atoms with E-state index >= 15 is 0 Å². The van der Waals surface area contributed by atoms with Crippen LogP contribution in [0.4, 0.5) is 17.1 Å². The van der Waals surface area contributed by atoms with E-state index in [-0.39, 0.29) is 5.41 Å². The van der Waals surface area contributed by atoms with Crippen LogP contribution >= 0.6 is 0 Å². The fourth-order valence-electron chi connectivity index (χ4n) is 9.14. The first-order chi connectivity index (χ1) is 26.1. The molecule has 0 saturated heterocycles. The van der Waals surface area contributed by atoms with E-state index in [0.29, 0.717) is 0 Å². The Balaban J connectivity index is 1.25. The molecule has 3 heteroatoms. The monoisotopic (exact) mass is 677 g/mol. The third-order valence-electron chi connectivity index (χ3n) is 11.6. The fraction of sp³-hybridized carbons (Fsp3) is 0.0600. The maximum Gasteiger partial charge on any atom is 0.0786 e. The molecule has 0 atom stereocenters. The Morgan fingerprint density at radius 2 is 1.02 bits per heavy atom. The molecular weight excluding hydrogens is 643 g/mol. The van der Waals surface area contributed by atoms with Crippen molar-refractivity contribution in [3.05, 3.63) is 187 Å². The van der Waals surface area contributed by atoms with E-state index in [1.807, 2.05) is 6.20 Å². The molecule has 0 fully saturated rings. The molecule has 11 rings (SSSR count). The van der Waals surface area contributed by atoms with Crippen molar-refractivity contribution in [2.24, 2.45) is 0 Å². The lowest BCUT2D eigenvalue weighted by Gasteiger charge is -2.43. The summed E-state index contributed by atoms with van der Waals surface area (Å²) in [6, 6.07) is 62.3. The van der Waals surface area contributed by atoms with Gasteiger partial charge in [-0.15, -0.1) is 0 Å². The summed E-state index contributed by atoms with van der Waals surface area (Å²) in [5, 5.41) is 2.52. The van der Waals surface area contributed by atoms with Gasteiger partial charge in [0.25, 0.3) is 0 Å². The molecule has 250 valence electrons. The number of fused-ring (bicyclic) bond motifs is 13. The molecule has 0 spiro atoms. The lowest BCUT2D eigenvalue weighted by molar-refractivity contribution is 0.632. The lowest BCUT2D eigenvalue weighted by Crippen LogP contribution is -2.30. The van der Waals surface area contributed by atoms with Gasteiger partial charge in [-0.1, -0.05) is 123 Å². The summed E-state index contributed by atoms with van der Waals surface area (Å²) in [6.07, 6.45) is 1.94. The second kappa shape index (κ2) is 11.1. The molecule has 9 aromatic rings. The number of rotatable bonds is 2. The maximum absolute atomic E-state index is 5.16. The van der Waals surface area contributed by atoms with E-state index in [4.69, 9.17) is 4.98 Å². The van der Waals surface area contributed by atoms with Crippen LogP contribution in [0.3, 0.4) is 0 Å². The largest absolute Gasteiger partial charge is 0.310 e. The third-order valence-corrected chi connectivity index (χ3v) is 11.6. The summed E-state index contributed by atoms with van der Waals surface area (Å²) < 4.78 is 2.42. The zero-order valence-corrected chi connectivity index (χ0v) is 29.6. The van der Waals surface area contributed by atoms with Crippen LogP contribution in [-0.2, 0) is 5.41 Å². The first-order valence-corrected chi connectivity index (χ1v) is 18.4. The second-order valence-electron chi connectivity index (χ2n) is 14.8. The van der Waals surface area contributed by atoms with E-state index in [2.05, 4.69) is 193 Å². The van der Waals surface area contributed by atoms with E-state index < -0.39 is 0 Å². The minimum Gasteiger partial charge on any atom is -0.310 e. The minimum atomic E-state index is -0.245. The SMILES string of the molecule is CC1(C)c2ccccc2N(c2ccccc2)c2cc3c(cc21)-c1ncccc1-c1ccccc1-c1cc(-n2c4ccccc4c4ccccc42)ccc1-3. The maximum atomic E-state index is 5.16. The van der Waals surface area contributed by atoms with Crippen LogP contribution in [0.25, 0.3) is 72.1 Å². The second-order valence-corrected chi connectivity index (χ2v) is 14.8. The highest BCUT2D eigenvalue weighted by atomic mass is 15.2. The zero-order chi connectivity index (χ0) is 35.3. The van der Waals surface area contributed by atoms with Crippen molar-refractivity contribution >= 4 is 38.9 Å². The van der Waals surface area contributed by atoms with Gasteiger partial charge in [-0.2, -0.15) is 0 Å². The van der Waals surface area contributed by atoms with Crippen molar-refractivity contribution < 1.29 is 0 Å². The van der Waals surface area contributed by atoms with Crippen molar-refractivity contribution in [2.75, 3.05) is 4.90 Å². The number of hydrogen-bond donors (Lipinski definition) is 0. The number of nitrogens with zero attached hydrogens (tertiary/aromatic N) is 3. The van der Waals surface area contributed by atoms with Crippen molar-refractivity contribution in [1.82, 2.24) is 9.55 Å². The Morgan fingerprint density at radius 3 is 1.79 bits per heavy atom. The molecule has 0 bridgehead atoms. The molecule has 53 heavy (non-hydrogen) atoms. The van der Waals surface area contributed by atoms with Crippen molar-refractivity contribution in [1.29, 1.82) is 0 Å². The van der Waals surface area contributed by atoms with Gasteiger partial charge in [-0.25, -0.2) is 0 Å². The van der Waals surface area contributed by atoms with Crippen LogP contribution in [0, 0.1) is 0 Å². The summed E-state index contributed by atoms with van der Waals surface area (Å²) in [5.74, 6) is 0. The van der Waals surface area contributed by atoms with Gasteiger partial charge in [0.2, 0.25) is 0 Å². The molecule has 0 radical (unpaired) electrons. The van der Waals surface area contributed by atoms with Crippen LogP contribution in [0.15, 0.2) is 176 Å². The highest BCUT2D eigenvalue weighted by Crippen LogP contribution is 2.56. The minimum absolute atomic E-state index is 0.245. The van der Waals surface area contributed by atoms with Crippen molar-refractivity contribution in [2.45, 2.75) is 19.3 Å². The Kier molecular flexibility index (Phi) is 6.30. The van der Waals surface area contributed by atoms with Crippen LogP contribution in [0.2, 0.25) is 0 Å². The smallest absolute Gasteiger partial charge is 0.0786 e. The van der Waals surface area contributed by atoms with Crippen LogP contribution < -0.4 is 4.90 Å². The number of hydrogen-bond acceptors (Lipinski definition) is 2. The van der Waals surface area contributed by atoms with Gasteiger partial charge in [0.1, 0.15) is 0 Å². The molecule has 1 aliphatic heterocycles. The summed E-state index contributed by atoms with van der Waals surface area (Å²) >= 11 is 0. The molecule has 0 N–H and O–H groups in total. The summed E-state index contributed by atoms with van der Waals surface area (Å²) in [5.41, 5.74) is 18.7. The Bertz CT molecular complexity index is 2880. The van der Waals surface area contributed by atoms with Gasteiger partial charge in [0.15, 0.2) is 0 Å². The highest BCUT2D eigenvalue weighted by molar-refractivity contribution is 6.10. The number of aromatic nitrogens is 2. The predicted molar refractivity (Wildman–Crippen MR) is 221 cm³/mol. The van der Waals surface area contributed by atoms with Crippen LogP contribution in [-0.4, -0.2) is 9.55 Å². The number of benzene rings is 7. The van der Waals surface area contributed by atoms with Gasteiger partial charge < -0.3 is 9.47 Å². The van der Waals surface area contributed by atoms with Gasteiger partial charge in [-0.3, -0.25) is 4.98 Å². The van der Waals surface area contributed by atoms with E-state index in [0.717, 1.165) is 28.2 Å². The molecular formula is C50H35N3. The number of pyridine rings is 1. The Hall–Kier alpha value is -6.71. The van der Waals surface area contributed by atoms with Gasteiger partial charge in [-0.05, 0) is 99.6 Å². The van der Waals surface area contributed by atoms with Gasteiger partial charge in [0, 0.05) is 44.9 Å². The molecule has 0 unspecified atom stereocenters. The van der Waals surface area contributed by atoms with E-state index in [9.17, 15) is 0 Å². The standard InChI is InChI=1S/C50H35N3/c1-50(2)43-22-10-13-25-47(43)52(32-15-4-3-5-16-32)48-31-41-36-27-26-33(53-45-23-11-8-19-37(45)38-20-9-12-24-46(38)53)29-40(36)35-18-7-6-17-34(35)39-21-14-28-51-49(39)42(41)30-44(48)50/h3-31H,1-2H3. The summed E-state index contributed by atoms with van der Waals surface area (Å²) in [7, 11) is 0. The van der Waals surface area contributed by atoms with Crippen molar-refractivity contribution in [3.63, 3.8) is 0 Å². The molecule has 1 aliphatic carbocycles. The van der Waals surface area contributed by atoms with Gasteiger partial charge >= 0.3 is 0 Å². The molecule has 3 nitrogen and oxygen atoms in total. The predicted octanol–water partition coefficient (Wildman–Crippen LogP) is 13.3. The molecule has 2 aromatic heterocycles. The highest BCUT2D eigenvalue weighted by Gasteiger charge is 2.38. The Labute approximate surface area is 309 Å². The van der Waals surface area contributed by atoms with Crippen LogP contribution in [0.5, 0.6) is 0 Å². The lowest BCUT2D eigenvalue weighted by atomic mass is 9.71. The Morgan fingerprint density at radius 1 is 0.415 bits per heavy atom. The average molecular weight is 678 g/mol. The first-order valence-electron chi connectivity index (χ1n) is 18.4. The molecule has 0 saturated carbocycles. The normalized spacial score (nSPS) is 13.6. The third kappa shape index (κ3) is 4.25. The molecule has 2 aliphatic rings. The average Bonchev–Trinajstić information content (AvgIpc) is 3.55. The van der Waals surface area contributed by atoms with Crippen molar-refractivity contribution in [3.8, 4) is 50.3 Å². The summed E-state index contributed by atoms with van der Waals surface area (Å²) in [6.45, 7) is 4.73. The quantitative estimate of drug-likeness (QED) is 0.182. The summed E-state index contributed by atoms with van der Waals surface area (Å²) in [4.78, 5) is 7.61. The molecule has 7 aromatic carbocycles. The van der Waals surface area contributed by atoms with E-state index in [1.165, 1.54) is 72.1 Å². The van der Waals surface area contributed by atoms with Crippen LogP contribution in [0.1, 0.15) is 25.0 Å². The van der Waals surface area contributed by atoms with Gasteiger partial charge in [0.05, 0.1) is 28.1 Å². The molecule has 0 amide bonds.